The molecule has 0 saturated carbocycles. The second kappa shape index (κ2) is 7.62. The van der Waals surface area contributed by atoms with Crippen molar-refractivity contribution in [1.29, 1.82) is 0 Å². The Hall–Kier alpha value is -0.761. The molecular formula is C17H22Sn. The third-order valence-corrected chi connectivity index (χ3v) is 8.11. The van der Waals surface area contributed by atoms with Crippen molar-refractivity contribution in [2.45, 2.75) is 28.1 Å². The molecule has 2 aromatic rings. The van der Waals surface area contributed by atoms with Crippen molar-refractivity contribution >= 4 is 21.1 Å². The average molecular weight is 345 g/mol. The van der Waals surface area contributed by atoms with Gasteiger partial charge in [0.1, 0.15) is 0 Å². The van der Waals surface area contributed by atoms with Crippen molar-refractivity contribution in [3.8, 4) is 0 Å². The fourth-order valence-electron chi connectivity index (χ4n) is 2.49. The SMILES string of the molecule is C[CH2][SnH2][CH2]CC(c1ccccc1)c1ccccc1. The summed E-state index contributed by atoms with van der Waals surface area (Å²) in [5, 5.41) is 0. The first kappa shape index (κ1) is 13.7. The van der Waals surface area contributed by atoms with Gasteiger partial charge in [-0.1, -0.05) is 0 Å². The third-order valence-electron chi connectivity index (χ3n) is 3.50. The summed E-state index contributed by atoms with van der Waals surface area (Å²) < 4.78 is 3.02. The van der Waals surface area contributed by atoms with Crippen LogP contribution >= 0.6 is 0 Å². The Morgan fingerprint density at radius 1 is 0.833 bits per heavy atom. The van der Waals surface area contributed by atoms with E-state index < -0.39 is 21.1 Å². The Kier molecular flexibility index (Phi) is 5.79. The van der Waals surface area contributed by atoms with Crippen LogP contribution in [-0.4, -0.2) is 21.1 Å². The molecule has 0 N–H and O–H groups in total. The van der Waals surface area contributed by atoms with Crippen molar-refractivity contribution in [3.05, 3.63) is 71.8 Å². The predicted octanol–water partition coefficient (Wildman–Crippen LogP) is 4.23. The molecule has 0 amide bonds. The van der Waals surface area contributed by atoms with Gasteiger partial charge in [-0.25, -0.2) is 0 Å². The van der Waals surface area contributed by atoms with Crippen molar-refractivity contribution in [1.82, 2.24) is 0 Å². The molecule has 0 radical (unpaired) electrons. The van der Waals surface area contributed by atoms with Crippen LogP contribution in [0.1, 0.15) is 30.4 Å². The molecule has 0 aromatic heterocycles. The molecule has 0 aliphatic carbocycles. The number of rotatable bonds is 6. The van der Waals surface area contributed by atoms with Crippen LogP contribution < -0.4 is 0 Å². The minimum atomic E-state index is -0.425. The number of hydrogen-bond acceptors (Lipinski definition) is 0. The Morgan fingerprint density at radius 2 is 1.33 bits per heavy atom. The second-order valence-electron chi connectivity index (χ2n) is 4.87. The molecule has 0 saturated heterocycles. The fraction of sp³-hybridized carbons (Fsp3) is 0.294. The topological polar surface area (TPSA) is 0 Å². The van der Waals surface area contributed by atoms with E-state index in [4.69, 9.17) is 0 Å². The minimum absolute atomic E-state index is 0.425. The van der Waals surface area contributed by atoms with Gasteiger partial charge in [0.05, 0.1) is 0 Å². The van der Waals surface area contributed by atoms with Crippen LogP contribution in [-0.2, 0) is 0 Å². The molecule has 94 valence electrons. The van der Waals surface area contributed by atoms with Gasteiger partial charge in [-0.2, -0.15) is 0 Å². The van der Waals surface area contributed by atoms with E-state index in [2.05, 4.69) is 67.6 Å². The Bertz CT molecular complexity index is 396. The van der Waals surface area contributed by atoms with Crippen LogP contribution in [0.25, 0.3) is 0 Å². The molecule has 1 heteroatoms. The molecule has 0 aliphatic rings. The van der Waals surface area contributed by atoms with E-state index in [0.29, 0.717) is 5.92 Å². The van der Waals surface area contributed by atoms with Crippen LogP contribution in [0.3, 0.4) is 0 Å². The van der Waals surface area contributed by atoms with Gasteiger partial charge in [0.2, 0.25) is 0 Å². The molecule has 0 nitrogen and oxygen atoms in total. The Morgan fingerprint density at radius 3 is 1.78 bits per heavy atom. The summed E-state index contributed by atoms with van der Waals surface area (Å²) in [6, 6.07) is 22.0. The van der Waals surface area contributed by atoms with Crippen molar-refractivity contribution in [2.75, 3.05) is 0 Å². The summed E-state index contributed by atoms with van der Waals surface area (Å²) in [4.78, 5) is 0. The summed E-state index contributed by atoms with van der Waals surface area (Å²) in [7, 11) is 0. The molecule has 18 heavy (non-hydrogen) atoms. The molecule has 0 bridgehead atoms. The summed E-state index contributed by atoms with van der Waals surface area (Å²) >= 11 is -0.425. The van der Waals surface area contributed by atoms with Gasteiger partial charge in [0, 0.05) is 0 Å². The first-order chi connectivity index (χ1) is 8.92. The molecule has 0 spiro atoms. The Balaban J connectivity index is 2.18. The van der Waals surface area contributed by atoms with E-state index in [-0.39, 0.29) is 0 Å². The van der Waals surface area contributed by atoms with Crippen molar-refractivity contribution < 1.29 is 0 Å². The van der Waals surface area contributed by atoms with Crippen LogP contribution in [0.2, 0.25) is 8.87 Å². The molecule has 0 unspecified atom stereocenters. The zero-order valence-electron chi connectivity index (χ0n) is 11.2. The van der Waals surface area contributed by atoms with Gasteiger partial charge < -0.3 is 0 Å². The van der Waals surface area contributed by atoms with Crippen molar-refractivity contribution in [2.24, 2.45) is 0 Å². The van der Waals surface area contributed by atoms with Gasteiger partial charge in [0.15, 0.2) is 0 Å². The summed E-state index contributed by atoms with van der Waals surface area (Å²) in [5.74, 6) is 0.607. The molecule has 0 aliphatic heterocycles. The molecule has 2 rings (SSSR count). The van der Waals surface area contributed by atoms with E-state index in [1.807, 2.05) is 0 Å². The van der Waals surface area contributed by atoms with Crippen LogP contribution in [0.15, 0.2) is 60.7 Å². The molecule has 0 atom stereocenters. The maximum absolute atomic E-state index is 2.36. The average Bonchev–Trinajstić information content (AvgIpc) is 2.46. The van der Waals surface area contributed by atoms with Crippen LogP contribution in [0.4, 0.5) is 0 Å². The zero-order valence-corrected chi connectivity index (χ0v) is 15.2. The van der Waals surface area contributed by atoms with Gasteiger partial charge in [0.25, 0.3) is 0 Å². The van der Waals surface area contributed by atoms with E-state index in [1.165, 1.54) is 26.4 Å². The molecule has 2 aromatic carbocycles. The molecule has 0 heterocycles. The third kappa shape index (κ3) is 3.87. The monoisotopic (exact) mass is 346 g/mol. The normalized spacial score (nSPS) is 11.4. The van der Waals surface area contributed by atoms with Crippen LogP contribution in [0.5, 0.6) is 0 Å². The quantitative estimate of drug-likeness (QED) is 0.543. The first-order valence-corrected chi connectivity index (χ1v) is 12.7. The summed E-state index contributed by atoms with van der Waals surface area (Å²) in [5.41, 5.74) is 2.96. The van der Waals surface area contributed by atoms with Crippen molar-refractivity contribution in [3.63, 3.8) is 0 Å². The first-order valence-electron chi connectivity index (χ1n) is 7.01. The summed E-state index contributed by atoms with van der Waals surface area (Å²) in [6.45, 7) is 2.36. The standard InChI is InChI=1S/C15H15.C2H5.Sn.2H/c1-2-15(13-9-5-3-6-10-13)14-11-7-4-8-12-14;1-2;;;/h3-12,15H,1-2H2;1H2,2H3;;;. The predicted molar refractivity (Wildman–Crippen MR) is 83.2 cm³/mol. The second-order valence-corrected chi connectivity index (χ2v) is 11.8. The maximum atomic E-state index is 2.36. The molecule has 0 fully saturated rings. The van der Waals surface area contributed by atoms with E-state index in [9.17, 15) is 0 Å². The van der Waals surface area contributed by atoms with Crippen LogP contribution in [0, 0.1) is 0 Å². The number of hydrogen-bond donors (Lipinski definition) is 0. The molecular weight excluding hydrogens is 323 g/mol. The fourth-order valence-corrected chi connectivity index (χ4v) is 5.91. The Labute approximate surface area is 121 Å². The van der Waals surface area contributed by atoms with E-state index >= 15 is 0 Å². The summed E-state index contributed by atoms with van der Waals surface area (Å²) in [6.07, 6.45) is 1.35. The van der Waals surface area contributed by atoms with Gasteiger partial charge in [-0.15, -0.1) is 0 Å². The van der Waals surface area contributed by atoms with Gasteiger partial charge in [-0.05, 0) is 0 Å². The zero-order chi connectivity index (χ0) is 12.6. The van der Waals surface area contributed by atoms with E-state index in [0.717, 1.165) is 0 Å². The van der Waals surface area contributed by atoms with E-state index in [1.54, 1.807) is 0 Å². The van der Waals surface area contributed by atoms with Gasteiger partial charge >= 0.3 is 121 Å². The van der Waals surface area contributed by atoms with Gasteiger partial charge in [-0.3, -0.25) is 0 Å². The number of benzene rings is 2.